The zero-order valence-electron chi connectivity index (χ0n) is 13.9. The summed E-state index contributed by atoms with van der Waals surface area (Å²) in [6, 6.07) is 7.93. The molecule has 25 heavy (non-hydrogen) atoms. The number of aliphatic hydroxyl groups excluding tert-OH is 1. The molecule has 1 heterocycles. The molecule has 0 bridgehead atoms. The first-order chi connectivity index (χ1) is 11.9. The number of methoxy groups -OCH3 is 1. The zero-order valence-corrected chi connectivity index (χ0v) is 13.9. The number of nitrogens with one attached hydrogen (secondary N) is 2. The molecule has 0 aliphatic rings. The largest absolute Gasteiger partial charge is 0.491 e. The maximum Gasteiger partial charge on any atom is 0.244 e. The summed E-state index contributed by atoms with van der Waals surface area (Å²) in [7, 11) is 1.35. The number of nitrogens with zero attached hydrogens (tertiary/aromatic N) is 1. The SMILES string of the molecule is COc1cn(CC(=O)Nc2cccc(NC(C)=O)c2)c(CO)cc1=O. The molecule has 0 aliphatic heterocycles. The van der Waals surface area contributed by atoms with Gasteiger partial charge >= 0.3 is 0 Å². The molecule has 0 spiro atoms. The minimum absolute atomic E-state index is 0.0812. The monoisotopic (exact) mass is 345 g/mol. The van der Waals surface area contributed by atoms with Crippen LogP contribution >= 0.6 is 0 Å². The molecule has 1 aromatic carbocycles. The highest BCUT2D eigenvalue weighted by Crippen LogP contribution is 2.15. The van der Waals surface area contributed by atoms with Crippen molar-refractivity contribution in [2.45, 2.75) is 20.1 Å². The number of hydrogen-bond acceptors (Lipinski definition) is 5. The average molecular weight is 345 g/mol. The van der Waals surface area contributed by atoms with Crippen molar-refractivity contribution in [1.82, 2.24) is 4.57 Å². The Morgan fingerprint density at radius 2 is 1.88 bits per heavy atom. The van der Waals surface area contributed by atoms with Crippen molar-refractivity contribution in [3.63, 3.8) is 0 Å². The fourth-order valence-electron chi connectivity index (χ4n) is 2.26. The van der Waals surface area contributed by atoms with Crippen molar-refractivity contribution in [2.24, 2.45) is 0 Å². The van der Waals surface area contributed by atoms with E-state index in [4.69, 9.17) is 4.74 Å². The predicted octanol–water partition coefficient (Wildman–Crippen LogP) is 0.946. The molecular weight excluding hydrogens is 326 g/mol. The first-order valence-corrected chi connectivity index (χ1v) is 7.48. The minimum Gasteiger partial charge on any atom is -0.491 e. The van der Waals surface area contributed by atoms with E-state index >= 15 is 0 Å². The van der Waals surface area contributed by atoms with Crippen LogP contribution in [0.5, 0.6) is 5.75 Å². The van der Waals surface area contributed by atoms with E-state index < -0.39 is 0 Å². The summed E-state index contributed by atoms with van der Waals surface area (Å²) < 4.78 is 6.39. The number of aliphatic hydroxyl groups is 1. The summed E-state index contributed by atoms with van der Waals surface area (Å²) >= 11 is 0. The summed E-state index contributed by atoms with van der Waals surface area (Å²) in [6.45, 7) is 0.896. The number of benzene rings is 1. The van der Waals surface area contributed by atoms with Crippen LogP contribution < -0.4 is 20.8 Å². The normalized spacial score (nSPS) is 10.2. The van der Waals surface area contributed by atoms with Crippen LogP contribution in [-0.2, 0) is 22.7 Å². The van der Waals surface area contributed by atoms with E-state index in [-0.39, 0.29) is 36.1 Å². The zero-order chi connectivity index (χ0) is 18.4. The van der Waals surface area contributed by atoms with Gasteiger partial charge in [0.05, 0.1) is 19.9 Å². The van der Waals surface area contributed by atoms with Gasteiger partial charge < -0.3 is 25.0 Å². The van der Waals surface area contributed by atoms with Crippen molar-refractivity contribution in [3.8, 4) is 5.75 Å². The van der Waals surface area contributed by atoms with Crippen LogP contribution in [0, 0.1) is 0 Å². The van der Waals surface area contributed by atoms with E-state index in [0.717, 1.165) is 0 Å². The van der Waals surface area contributed by atoms with Crippen LogP contribution in [-0.4, -0.2) is 28.6 Å². The molecular formula is C17H19N3O5. The molecule has 0 fully saturated rings. The van der Waals surface area contributed by atoms with Gasteiger partial charge in [0.25, 0.3) is 0 Å². The van der Waals surface area contributed by atoms with Crippen molar-refractivity contribution in [1.29, 1.82) is 0 Å². The summed E-state index contributed by atoms with van der Waals surface area (Å²) in [4.78, 5) is 35.0. The molecule has 0 saturated heterocycles. The van der Waals surface area contributed by atoms with Gasteiger partial charge in [-0.1, -0.05) is 6.07 Å². The lowest BCUT2D eigenvalue weighted by Crippen LogP contribution is -2.23. The summed E-state index contributed by atoms with van der Waals surface area (Å²) in [5, 5.41) is 14.7. The molecule has 132 valence electrons. The van der Waals surface area contributed by atoms with Gasteiger partial charge in [-0.15, -0.1) is 0 Å². The second-order valence-electron chi connectivity index (χ2n) is 5.29. The van der Waals surface area contributed by atoms with E-state index in [1.54, 1.807) is 24.3 Å². The highest BCUT2D eigenvalue weighted by molar-refractivity contribution is 5.93. The van der Waals surface area contributed by atoms with Gasteiger partial charge in [-0.2, -0.15) is 0 Å². The molecule has 1 aromatic heterocycles. The lowest BCUT2D eigenvalue weighted by molar-refractivity contribution is -0.117. The molecule has 8 nitrogen and oxygen atoms in total. The average Bonchev–Trinajstić information content (AvgIpc) is 2.55. The number of pyridine rings is 1. The van der Waals surface area contributed by atoms with Crippen molar-refractivity contribution >= 4 is 23.2 Å². The van der Waals surface area contributed by atoms with Crippen LogP contribution in [0.4, 0.5) is 11.4 Å². The van der Waals surface area contributed by atoms with Crippen LogP contribution in [0.25, 0.3) is 0 Å². The number of hydrogen-bond donors (Lipinski definition) is 3. The standard InChI is InChI=1S/C17H19N3O5/c1-11(22)18-12-4-3-5-13(6-12)19-17(24)9-20-8-16(25-2)15(23)7-14(20)10-21/h3-8,21H,9-10H2,1-2H3,(H,18,22)(H,19,24). The van der Waals surface area contributed by atoms with Gasteiger partial charge in [-0.3, -0.25) is 14.4 Å². The summed E-state index contributed by atoms with van der Waals surface area (Å²) in [6.07, 6.45) is 1.38. The smallest absolute Gasteiger partial charge is 0.244 e. The lowest BCUT2D eigenvalue weighted by Gasteiger charge is -2.14. The molecule has 3 N–H and O–H groups in total. The molecule has 2 aromatic rings. The van der Waals surface area contributed by atoms with Gasteiger partial charge in [0.2, 0.25) is 17.2 Å². The molecule has 0 atom stereocenters. The number of rotatable bonds is 6. The first kappa shape index (κ1) is 18.2. The van der Waals surface area contributed by atoms with Gasteiger partial charge in [-0.05, 0) is 18.2 Å². The van der Waals surface area contributed by atoms with Crippen molar-refractivity contribution in [2.75, 3.05) is 17.7 Å². The molecule has 8 heteroatoms. The number of aromatic nitrogens is 1. The second-order valence-corrected chi connectivity index (χ2v) is 5.29. The Hall–Kier alpha value is -3.13. The van der Waals surface area contributed by atoms with E-state index in [1.165, 1.54) is 30.9 Å². The fraction of sp³-hybridized carbons (Fsp3) is 0.235. The summed E-state index contributed by atoms with van der Waals surface area (Å²) in [5.74, 6) is -0.491. The topological polar surface area (TPSA) is 110 Å². The van der Waals surface area contributed by atoms with Gasteiger partial charge in [-0.25, -0.2) is 0 Å². The Labute approximate surface area is 144 Å². The van der Waals surface area contributed by atoms with Crippen molar-refractivity contribution < 1.29 is 19.4 Å². The lowest BCUT2D eigenvalue weighted by atomic mass is 10.2. The van der Waals surface area contributed by atoms with Gasteiger partial charge in [0.15, 0.2) is 5.75 Å². The molecule has 0 radical (unpaired) electrons. The first-order valence-electron chi connectivity index (χ1n) is 7.48. The third-order valence-electron chi connectivity index (χ3n) is 3.35. The second kappa shape index (κ2) is 8.11. The van der Waals surface area contributed by atoms with Crippen LogP contribution in [0.15, 0.2) is 41.3 Å². The maximum atomic E-state index is 12.2. The highest BCUT2D eigenvalue weighted by Gasteiger charge is 2.10. The van der Waals surface area contributed by atoms with E-state index in [2.05, 4.69) is 10.6 Å². The van der Waals surface area contributed by atoms with E-state index in [1.807, 2.05) is 0 Å². The number of anilines is 2. The fourth-order valence-corrected chi connectivity index (χ4v) is 2.26. The van der Waals surface area contributed by atoms with Crippen LogP contribution in [0.1, 0.15) is 12.6 Å². The quantitative estimate of drug-likeness (QED) is 0.722. The molecule has 2 rings (SSSR count). The van der Waals surface area contributed by atoms with E-state index in [9.17, 15) is 19.5 Å². The Balaban J connectivity index is 2.15. The number of carbonyl (C=O) groups excluding carboxylic acids is 2. The van der Waals surface area contributed by atoms with Gasteiger partial charge in [0.1, 0.15) is 6.54 Å². The third kappa shape index (κ3) is 4.92. The maximum absolute atomic E-state index is 12.2. The van der Waals surface area contributed by atoms with Crippen molar-refractivity contribution in [3.05, 3.63) is 52.4 Å². The summed E-state index contributed by atoms with van der Waals surface area (Å²) in [5.41, 5.74) is 1.00. The van der Waals surface area contributed by atoms with Gasteiger partial charge in [0, 0.05) is 30.1 Å². The number of amides is 2. The predicted molar refractivity (Wildman–Crippen MR) is 92.6 cm³/mol. The Morgan fingerprint density at radius 1 is 1.20 bits per heavy atom. The molecule has 0 unspecified atom stereocenters. The Bertz CT molecular complexity index is 844. The molecule has 0 saturated carbocycles. The Morgan fingerprint density at radius 3 is 2.48 bits per heavy atom. The van der Waals surface area contributed by atoms with Crippen LogP contribution in [0.2, 0.25) is 0 Å². The van der Waals surface area contributed by atoms with E-state index in [0.29, 0.717) is 17.1 Å². The third-order valence-corrected chi connectivity index (χ3v) is 3.35. The minimum atomic E-state index is -0.384. The Kier molecular flexibility index (Phi) is 5.91. The number of ether oxygens (including phenoxy) is 1. The molecule has 0 aliphatic carbocycles. The molecule has 2 amide bonds. The highest BCUT2D eigenvalue weighted by atomic mass is 16.5. The van der Waals surface area contributed by atoms with Crippen LogP contribution in [0.3, 0.4) is 0 Å². The number of carbonyl (C=O) groups is 2.